The smallest absolute Gasteiger partial charge is 0.334 e. The van der Waals surface area contributed by atoms with Crippen molar-refractivity contribution in [3.05, 3.63) is 69.2 Å². The van der Waals surface area contributed by atoms with Crippen molar-refractivity contribution in [1.82, 2.24) is 10.2 Å². The summed E-state index contributed by atoms with van der Waals surface area (Å²) in [7, 11) is 0. The summed E-state index contributed by atoms with van der Waals surface area (Å²) >= 11 is 12.6. The van der Waals surface area contributed by atoms with Crippen LogP contribution in [-0.4, -0.2) is 56.9 Å². The summed E-state index contributed by atoms with van der Waals surface area (Å²) < 4.78 is 0. The molecule has 1 fully saturated rings. The van der Waals surface area contributed by atoms with Crippen LogP contribution in [0.4, 0.5) is 0 Å². The Morgan fingerprint density at radius 3 is 2.21 bits per heavy atom. The van der Waals surface area contributed by atoms with Crippen molar-refractivity contribution in [2.75, 3.05) is 6.54 Å². The number of carboxylic acid groups (broad SMARTS) is 1. The molecular formula is C32H39Cl2N3O5. The van der Waals surface area contributed by atoms with Crippen LogP contribution in [0.2, 0.25) is 10.0 Å². The number of halogens is 2. The lowest BCUT2D eigenvalue weighted by atomic mass is 9.69. The number of carboxylic acids is 1. The number of nitrogens with zero attached hydrogens (tertiary/aromatic N) is 2. The third kappa shape index (κ3) is 6.82. The molecule has 4 rings (SSSR count). The van der Waals surface area contributed by atoms with Gasteiger partial charge < -0.3 is 20.4 Å². The highest BCUT2D eigenvalue weighted by Crippen LogP contribution is 2.50. The zero-order valence-electron chi connectivity index (χ0n) is 24.5. The van der Waals surface area contributed by atoms with E-state index in [9.17, 15) is 19.5 Å². The van der Waals surface area contributed by atoms with E-state index in [0.717, 1.165) is 37.7 Å². The summed E-state index contributed by atoms with van der Waals surface area (Å²) in [6, 6.07) is 11.8. The number of benzene rings is 2. The van der Waals surface area contributed by atoms with Gasteiger partial charge in [0.05, 0.1) is 12.6 Å². The summed E-state index contributed by atoms with van der Waals surface area (Å²) in [5, 5.41) is 21.7. The normalized spacial score (nSPS) is 22.2. The average molecular weight is 617 g/mol. The Kier molecular flexibility index (Phi) is 9.70. The maximum Gasteiger partial charge on any atom is 0.334 e. The highest BCUT2D eigenvalue weighted by molar-refractivity contribution is 6.47. The van der Waals surface area contributed by atoms with E-state index in [2.05, 4.69) is 33.0 Å². The summed E-state index contributed by atoms with van der Waals surface area (Å²) in [5.74, 6) is -1.55. The van der Waals surface area contributed by atoms with Gasteiger partial charge in [-0.1, -0.05) is 69.5 Å². The van der Waals surface area contributed by atoms with Crippen LogP contribution in [0.3, 0.4) is 0 Å². The molecular weight excluding hydrogens is 577 g/mol. The molecule has 1 saturated carbocycles. The Bertz CT molecular complexity index is 1340. The van der Waals surface area contributed by atoms with E-state index in [1.807, 2.05) is 17.0 Å². The molecule has 10 heteroatoms. The first-order valence-electron chi connectivity index (χ1n) is 14.4. The SMILES string of the molecule is CCC[C@H](c1ccc(C(=O)NC[C@@H](O)C(=O)O)cc1)N1C(=O)C(c2cc(Cl)cc(Cl)c2)=NC12CCC(C(C)(C)C)CC2. The first-order chi connectivity index (χ1) is 19.8. The number of nitrogens with one attached hydrogen (secondary N) is 1. The predicted molar refractivity (Wildman–Crippen MR) is 164 cm³/mol. The molecule has 226 valence electrons. The summed E-state index contributed by atoms with van der Waals surface area (Å²) in [6.45, 7) is 8.45. The first-order valence-corrected chi connectivity index (χ1v) is 15.2. The molecule has 1 aliphatic heterocycles. The van der Waals surface area contributed by atoms with Crippen molar-refractivity contribution in [2.24, 2.45) is 16.3 Å². The van der Waals surface area contributed by atoms with Gasteiger partial charge in [0.2, 0.25) is 0 Å². The van der Waals surface area contributed by atoms with Gasteiger partial charge in [0.15, 0.2) is 6.10 Å². The number of carbonyl (C=O) groups excluding carboxylic acids is 2. The van der Waals surface area contributed by atoms with Crippen molar-refractivity contribution in [1.29, 1.82) is 0 Å². The van der Waals surface area contributed by atoms with Crippen LogP contribution in [0.15, 0.2) is 47.5 Å². The average Bonchev–Trinajstić information content (AvgIpc) is 3.20. The maximum absolute atomic E-state index is 14.3. The van der Waals surface area contributed by atoms with Crippen LogP contribution >= 0.6 is 23.2 Å². The quantitative estimate of drug-likeness (QED) is 0.307. The Morgan fingerprint density at radius 2 is 1.69 bits per heavy atom. The molecule has 3 N–H and O–H groups in total. The number of hydrogen-bond donors (Lipinski definition) is 3. The Balaban J connectivity index is 1.68. The van der Waals surface area contributed by atoms with Crippen molar-refractivity contribution < 1.29 is 24.6 Å². The van der Waals surface area contributed by atoms with E-state index in [1.165, 1.54) is 0 Å². The second-order valence-corrected chi connectivity index (χ2v) is 13.3. The lowest BCUT2D eigenvalue weighted by Crippen LogP contribution is -2.51. The molecule has 2 aromatic rings. The lowest BCUT2D eigenvalue weighted by Gasteiger charge is -2.47. The number of amides is 2. The number of aliphatic imine (C=N–C) groups is 1. The van der Waals surface area contributed by atoms with Gasteiger partial charge in [-0.25, -0.2) is 4.79 Å². The highest BCUT2D eigenvalue weighted by Gasteiger charge is 2.52. The monoisotopic (exact) mass is 615 g/mol. The largest absolute Gasteiger partial charge is 0.479 e. The fourth-order valence-corrected chi connectivity index (χ4v) is 6.70. The van der Waals surface area contributed by atoms with Crippen LogP contribution in [0.1, 0.15) is 93.7 Å². The van der Waals surface area contributed by atoms with Crippen molar-refractivity contribution in [3.63, 3.8) is 0 Å². The maximum atomic E-state index is 14.3. The van der Waals surface area contributed by atoms with Crippen molar-refractivity contribution in [3.8, 4) is 0 Å². The van der Waals surface area contributed by atoms with E-state index in [-0.39, 0.29) is 17.4 Å². The summed E-state index contributed by atoms with van der Waals surface area (Å²) in [6.07, 6.45) is 3.21. The topological polar surface area (TPSA) is 119 Å². The molecule has 0 bridgehead atoms. The molecule has 1 aliphatic carbocycles. The summed E-state index contributed by atoms with van der Waals surface area (Å²) in [4.78, 5) is 44.9. The van der Waals surface area contributed by atoms with Gasteiger partial charge in [-0.15, -0.1) is 0 Å². The molecule has 8 nitrogen and oxygen atoms in total. The van der Waals surface area contributed by atoms with Crippen molar-refractivity contribution >= 4 is 46.7 Å². The second kappa shape index (κ2) is 12.7. The molecule has 2 amide bonds. The predicted octanol–water partition coefficient (Wildman–Crippen LogP) is 6.27. The number of carbonyl (C=O) groups is 3. The number of rotatable bonds is 9. The minimum absolute atomic E-state index is 0.155. The van der Waals surface area contributed by atoms with Crippen LogP contribution in [0.5, 0.6) is 0 Å². The van der Waals surface area contributed by atoms with Gasteiger partial charge in [-0.2, -0.15) is 0 Å². The summed E-state index contributed by atoms with van der Waals surface area (Å²) in [5.41, 5.74) is 1.62. The van der Waals surface area contributed by atoms with Gasteiger partial charge in [0.1, 0.15) is 11.4 Å². The molecule has 42 heavy (non-hydrogen) atoms. The Morgan fingerprint density at radius 1 is 1.10 bits per heavy atom. The number of aliphatic hydroxyl groups excluding tert-OH is 1. The second-order valence-electron chi connectivity index (χ2n) is 12.4. The number of hydrogen-bond acceptors (Lipinski definition) is 5. The minimum atomic E-state index is -1.68. The third-order valence-corrected chi connectivity index (χ3v) is 8.95. The fourth-order valence-electron chi connectivity index (χ4n) is 6.18. The third-order valence-electron chi connectivity index (χ3n) is 8.51. The number of aliphatic hydroxyl groups is 1. The van der Waals surface area contributed by atoms with E-state index in [1.54, 1.807) is 30.3 Å². The van der Waals surface area contributed by atoms with Gasteiger partial charge in [-0.05, 0) is 79.3 Å². The van der Waals surface area contributed by atoms with Crippen LogP contribution in [-0.2, 0) is 9.59 Å². The fraction of sp³-hybridized carbons (Fsp3) is 0.500. The number of aliphatic carboxylic acids is 1. The van der Waals surface area contributed by atoms with E-state index < -0.39 is 30.2 Å². The molecule has 0 saturated heterocycles. The molecule has 1 spiro atoms. The molecule has 2 atom stereocenters. The Labute approximate surface area is 257 Å². The van der Waals surface area contributed by atoms with E-state index in [4.69, 9.17) is 33.3 Å². The molecule has 2 aromatic carbocycles. The van der Waals surface area contributed by atoms with E-state index >= 15 is 0 Å². The van der Waals surface area contributed by atoms with Crippen molar-refractivity contribution in [2.45, 2.75) is 84.0 Å². The molecule has 0 unspecified atom stereocenters. The van der Waals surface area contributed by atoms with Gasteiger partial charge in [0, 0.05) is 21.2 Å². The standard InChI is InChI=1S/C32H39Cl2N3O5/c1-5-6-25(19-7-9-20(10-8-19)28(39)35-18-26(38)30(41)42)37-29(40)27(21-15-23(33)17-24(34)16-21)36-32(37)13-11-22(12-14-32)31(2,3)4/h7-10,15-17,22,25-26,38H,5-6,11-14,18H2,1-4H3,(H,35,39)(H,41,42)/t22?,25-,26-,32?/m1/s1. The molecule has 0 aromatic heterocycles. The molecule has 2 aliphatic rings. The highest BCUT2D eigenvalue weighted by atomic mass is 35.5. The lowest BCUT2D eigenvalue weighted by molar-refractivity contribution is -0.146. The van der Waals surface area contributed by atoms with Gasteiger partial charge in [0.25, 0.3) is 11.8 Å². The van der Waals surface area contributed by atoms with Crippen LogP contribution in [0, 0.1) is 11.3 Å². The van der Waals surface area contributed by atoms with E-state index in [0.29, 0.717) is 39.2 Å². The zero-order valence-corrected chi connectivity index (χ0v) is 26.0. The zero-order chi connectivity index (χ0) is 30.8. The molecule has 0 radical (unpaired) electrons. The minimum Gasteiger partial charge on any atom is -0.479 e. The Hall–Kier alpha value is -2.94. The van der Waals surface area contributed by atoms with Gasteiger partial charge >= 0.3 is 5.97 Å². The first kappa shape index (κ1) is 32.0. The molecule has 1 heterocycles. The van der Waals surface area contributed by atoms with Gasteiger partial charge in [-0.3, -0.25) is 14.6 Å². The van der Waals surface area contributed by atoms with Crippen LogP contribution in [0.25, 0.3) is 0 Å². The van der Waals surface area contributed by atoms with Crippen LogP contribution < -0.4 is 5.32 Å².